The van der Waals surface area contributed by atoms with Crippen molar-refractivity contribution < 1.29 is 18.9 Å². The van der Waals surface area contributed by atoms with Gasteiger partial charge in [-0.2, -0.15) is 0 Å². The second-order valence-electron chi connectivity index (χ2n) is 41.4. The normalized spacial score (nSPS) is 13.6. The SMILES string of the molecule is CCCCCCCC/C=C/CCCCCCCCOC(C)(C)CCCC(C)CC.CCCCCCCC/C=C/CCCCCCCCOC(C)(CC)CCCC(C)C.CCCCCCCC/C=C/CCCCCCCCOCCC(C)CCCC(C)C.CCCCCCCC/C=C/CCCCCCCCOCCC(C)CCCC(C)CCCC(C)C. The monoisotopic (exact) mass is 1700 g/mol. The molecule has 4 heteroatoms. The molecule has 5 atom stereocenters. The Morgan fingerprint density at radius 1 is 0.198 bits per heavy atom. The van der Waals surface area contributed by atoms with E-state index in [4.69, 9.17) is 18.9 Å². The molecule has 0 aliphatic carbocycles. The van der Waals surface area contributed by atoms with Crippen molar-refractivity contribution in [2.24, 2.45) is 41.4 Å². The summed E-state index contributed by atoms with van der Waals surface area (Å²) in [5, 5.41) is 0. The minimum absolute atomic E-state index is 0.0648. The lowest BCUT2D eigenvalue weighted by Gasteiger charge is -2.29. The number of rotatable bonds is 94. The van der Waals surface area contributed by atoms with E-state index in [1.54, 1.807) is 0 Å². The smallest absolute Gasteiger partial charge is 0.0651 e. The largest absolute Gasteiger partial charge is 0.381 e. The van der Waals surface area contributed by atoms with Crippen LogP contribution in [-0.4, -0.2) is 50.8 Å². The maximum absolute atomic E-state index is 6.27. The molecule has 0 rings (SSSR count). The lowest BCUT2D eigenvalue weighted by atomic mass is 9.93. The van der Waals surface area contributed by atoms with Crippen LogP contribution in [0, 0.1) is 41.4 Å². The molecule has 0 aliphatic rings. The lowest BCUT2D eigenvalue weighted by molar-refractivity contribution is -0.0438. The Labute approximate surface area is 768 Å². The van der Waals surface area contributed by atoms with Crippen LogP contribution >= 0.6 is 0 Å². The number of hydrogen-bond donors (Lipinski definition) is 0. The highest BCUT2D eigenvalue weighted by Gasteiger charge is 2.22. The molecule has 726 valence electrons. The molecular weight excluding hydrogens is 1470 g/mol. The highest BCUT2D eigenvalue weighted by atomic mass is 16.5. The first-order valence-electron chi connectivity index (χ1n) is 55.8. The Balaban J connectivity index is -0.000000756. The van der Waals surface area contributed by atoms with Gasteiger partial charge in [0.25, 0.3) is 0 Å². The van der Waals surface area contributed by atoms with Crippen LogP contribution in [-0.2, 0) is 18.9 Å². The number of allylic oxidation sites excluding steroid dienone is 8. The average Bonchev–Trinajstić information content (AvgIpc) is 0.916. The predicted molar refractivity (Wildman–Crippen MR) is 554 cm³/mol. The minimum atomic E-state index is 0.0648. The summed E-state index contributed by atoms with van der Waals surface area (Å²) in [6.07, 6.45) is 121. The van der Waals surface area contributed by atoms with Gasteiger partial charge in [0.1, 0.15) is 0 Å². The minimum Gasteiger partial charge on any atom is -0.381 e. The van der Waals surface area contributed by atoms with Crippen LogP contribution in [0.4, 0.5) is 0 Å². The molecule has 0 saturated carbocycles. The van der Waals surface area contributed by atoms with Gasteiger partial charge >= 0.3 is 0 Å². The first-order chi connectivity index (χ1) is 58.8. The third-order valence-electron chi connectivity index (χ3n) is 26.1. The molecule has 121 heavy (non-hydrogen) atoms. The molecule has 0 aromatic heterocycles. The highest BCUT2D eigenvalue weighted by Crippen LogP contribution is 2.27. The molecule has 5 unspecified atom stereocenters. The molecule has 0 fully saturated rings. The molecule has 4 nitrogen and oxygen atoms in total. The van der Waals surface area contributed by atoms with Crippen LogP contribution in [0.25, 0.3) is 0 Å². The average molecular weight is 1710 g/mol. The van der Waals surface area contributed by atoms with Gasteiger partial charge < -0.3 is 18.9 Å². The van der Waals surface area contributed by atoms with E-state index in [2.05, 4.69) is 180 Å². The molecule has 0 radical (unpaired) electrons. The van der Waals surface area contributed by atoms with Gasteiger partial charge in [-0.05, 0) is 223 Å². The zero-order valence-corrected chi connectivity index (χ0v) is 87.6. The molecule has 0 heterocycles. The summed E-state index contributed by atoms with van der Waals surface area (Å²) in [7, 11) is 0. The maximum atomic E-state index is 6.27. The van der Waals surface area contributed by atoms with E-state index in [0.717, 1.165) is 87.5 Å². The van der Waals surface area contributed by atoms with E-state index in [9.17, 15) is 0 Å². The van der Waals surface area contributed by atoms with Crippen LogP contribution < -0.4 is 0 Å². The summed E-state index contributed by atoms with van der Waals surface area (Å²) in [4.78, 5) is 0. The third kappa shape index (κ3) is 117. The van der Waals surface area contributed by atoms with Crippen molar-refractivity contribution in [3.63, 3.8) is 0 Å². The van der Waals surface area contributed by atoms with E-state index >= 15 is 0 Å². The fraction of sp³-hybridized carbons (Fsp3) is 0.932. The fourth-order valence-corrected chi connectivity index (χ4v) is 16.4. The Bertz CT molecular complexity index is 1960. The zero-order chi connectivity index (χ0) is 89.8. The Hall–Kier alpha value is -1.20. The fourth-order valence-electron chi connectivity index (χ4n) is 16.4. The van der Waals surface area contributed by atoms with E-state index in [-0.39, 0.29) is 11.2 Å². The Morgan fingerprint density at radius 2 is 0.421 bits per heavy atom. The van der Waals surface area contributed by atoms with Crippen molar-refractivity contribution >= 4 is 0 Å². The second kappa shape index (κ2) is 106. The van der Waals surface area contributed by atoms with Crippen LogP contribution in [0.5, 0.6) is 0 Å². The second-order valence-corrected chi connectivity index (χ2v) is 41.4. The van der Waals surface area contributed by atoms with Crippen molar-refractivity contribution in [3.05, 3.63) is 48.6 Å². The summed E-state index contributed by atoms with van der Waals surface area (Å²) in [5.74, 6) is 5.95. The molecule has 0 spiro atoms. The van der Waals surface area contributed by atoms with Crippen LogP contribution in [0.15, 0.2) is 48.6 Å². The van der Waals surface area contributed by atoms with Crippen molar-refractivity contribution in [1.82, 2.24) is 0 Å². The van der Waals surface area contributed by atoms with Gasteiger partial charge in [-0.3, -0.25) is 0 Å². The first-order valence-corrected chi connectivity index (χ1v) is 55.8. The van der Waals surface area contributed by atoms with Gasteiger partial charge in [0.2, 0.25) is 0 Å². The summed E-state index contributed by atoms with van der Waals surface area (Å²) in [6, 6.07) is 0. The number of unbranched alkanes of at least 4 members (excludes halogenated alkanes) is 48. The lowest BCUT2D eigenvalue weighted by Crippen LogP contribution is -2.28. The van der Waals surface area contributed by atoms with E-state index in [1.807, 2.05) is 0 Å². The quantitative estimate of drug-likeness (QED) is 0.0449. The Morgan fingerprint density at radius 3 is 0.694 bits per heavy atom. The summed E-state index contributed by atoms with van der Waals surface area (Å²) >= 11 is 0. The zero-order valence-electron chi connectivity index (χ0n) is 87.6. The van der Waals surface area contributed by atoms with Gasteiger partial charge in [-0.25, -0.2) is 0 Å². The van der Waals surface area contributed by atoms with Crippen molar-refractivity contribution in [2.75, 3.05) is 39.6 Å². The molecular formula is C117H234O4. The summed E-state index contributed by atoms with van der Waals surface area (Å²) < 4.78 is 24.2. The van der Waals surface area contributed by atoms with Crippen molar-refractivity contribution in [2.45, 2.75) is 624 Å². The van der Waals surface area contributed by atoms with Gasteiger partial charge in [0.15, 0.2) is 0 Å². The molecule has 0 saturated heterocycles. The summed E-state index contributed by atoms with van der Waals surface area (Å²) in [6.45, 7) is 49.9. The molecule has 0 aromatic rings. The summed E-state index contributed by atoms with van der Waals surface area (Å²) in [5.41, 5.74) is 0.173. The number of hydrogen-bond acceptors (Lipinski definition) is 4. The van der Waals surface area contributed by atoms with Gasteiger partial charge in [-0.15, -0.1) is 0 Å². The van der Waals surface area contributed by atoms with Gasteiger partial charge in [0.05, 0.1) is 11.2 Å². The highest BCUT2D eigenvalue weighted by molar-refractivity contribution is 4.84. The molecule has 0 bridgehead atoms. The first kappa shape index (κ1) is 126. The molecule has 0 amide bonds. The van der Waals surface area contributed by atoms with Crippen molar-refractivity contribution in [3.8, 4) is 0 Å². The van der Waals surface area contributed by atoms with Crippen LogP contribution in [0.2, 0.25) is 0 Å². The molecule has 0 N–H and O–H groups in total. The van der Waals surface area contributed by atoms with Crippen LogP contribution in [0.3, 0.4) is 0 Å². The van der Waals surface area contributed by atoms with E-state index in [1.165, 1.54) is 475 Å². The predicted octanol–water partition coefficient (Wildman–Crippen LogP) is 41.7. The van der Waals surface area contributed by atoms with Gasteiger partial charge in [0, 0.05) is 39.6 Å². The van der Waals surface area contributed by atoms with Gasteiger partial charge in [-0.1, -0.05) is 480 Å². The standard InChI is InChI=1S/C33H66O.3C28H56O/c1-6-7-8-9-10-11-12-13-14-15-16-17-18-19-20-21-29-34-30-28-33(5)27-23-26-32(4)25-22-24-31(2)3;1-6-8-9-10-11-12-13-14-15-16-17-18-19-20-21-22-26-29-28(4,5)25-23-24-27(3)7-2;1-6-8-9-10-11-12-13-14-15-16-17-18-19-20-21-22-26-29-28(5,7-2)25-23-24-27(3)4;1-5-6-7-8-9-10-11-12-13-14-15-16-17-18-19-20-25-29-26-24-28(4)23-21-22-27(2)3/h13-14,31-33H,6-12,15-30H2,1-5H3;2*14-15,27H,6-13,16-26H2,1-5H3;12-13,27-28H,5-11,14-26H2,1-4H3/b14-13+;2*15-14+;13-12+. The number of ether oxygens (including phenoxy) is 4. The van der Waals surface area contributed by atoms with Crippen LogP contribution in [0.1, 0.15) is 613 Å². The third-order valence-corrected chi connectivity index (χ3v) is 26.1. The molecule has 0 aromatic carbocycles. The van der Waals surface area contributed by atoms with Crippen molar-refractivity contribution in [1.29, 1.82) is 0 Å². The topological polar surface area (TPSA) is 36.9 Å². The van der Waals surface area contributed by atoms with E-state index in [0.29, 0.717) is 0 Å². The molecule has 0 aliphatic heterocycles. The maximum Gasteiger partial charge on any atom is 0.0651 e. The Kier molecular flexibility index (Phi) is 110. The van der Waals surface area contributed by atoms with E-state index < -0.39 is 0 Å².